The number of fused-ring (bicyclic) bond motifs is 3. The molecule has 0 saturated heterocycles. The second-order valence-corrected chi connectivity index (χ2v) is 10.2. The summed E-state index contributed by atoms with van der Waals surface area (Å²) in [6.07, 6.45) is 3.02. The summed E-state index contributed by atoms with van der Waals surface area (Å²) in [6.45, 7) is 5.65. The van der Waals surface area contributed by atoms with Crippen LogP contribution in [0.2, 0.25) is 0 Å². The number of hydrogen-bond acceptors (Lipinski definition) is 7. The summed E-state index contributed by atoms with van der Waals surface area (Å²) in [5, 5.41) is 7.15. The number of aromatic amines is 1. The zero-order valence-corrected chi connectivity index (χ0v) is 21.0. The van der Waals surface area contributed by atoms with E-state index >= 15 is 4.39 Å². The fourth-order valence-electron chi connectivity index (χ4n) is 4.95. The minimum Gasteiger partial charge on any atom is -0.492 e. The van der Waals surface area contributed by atoms with E-state index in [1.165, 1.54) is 23.5 Å². The number of carbonyl (C=O) groups is 2. The largest absolute Gasteiger partial charge is 0.492 e. The molecule has 0 radical (unpaired) electrons. The molecule has 1 N–H and O–H groups in total. The second-order valence-electron chi connectivity index (χ2n) is 10.2. The molecule has 3 aromatic heterocycles. The first-order valence-electron chi connectivity index (χ1n) is 12.1. The molecule has 0 aliphatic carbocycles. The molecule has 1 amide bonds. The van der Waals surface area contributed by atoms with E-state index in [0.29, 0.717) is 58.1 Å². The Morgan fingerprint density at radius 3 is 2.76 bits per heavy atom. The van der Waals surface area contributed by atoms with E-state index in [4.69, 9.17) is 14.2 Å². The van der Waals surface area contributed by atoms with Gasteiger partial charge >= 0.3 is 6.09 Å². The maximum Gasteiger partial charge on any atom is 0.461 e. The predicted molar refractivity (Wildman–Crippen MR) is 133 cm³/mol. The molecule has 1 atom stereocenters. The van der Waals surface area contributed by atoms with Crippen LogP contribution in [0.4, 0.5) is 15.0 Å². The maximum absolute atomic E-state index is 15.3. The number of pyridine rings is 2. The summed E-state index contributed by atoms with van der Waals surface area (Å²) >= 11 is 0. The van der Waals surface area contributed by atoms with Crippen LogP contribution >= 0.6 is 0 Å². The Morgan fingerprint density at radius 2 is 2.00 bits per heavy atom. The molecule has 0 saturated carbocycles. The van der Waals surface area contributed by atoms with Crippen LogP contribution in [0.3, 0.4) is 0 Å². The zero-order valence-electron chi connectivity index (χ0n) is 21.0. The van der Waals surface area contributed by atoms with E-state index in [0.717, 1.165) is 0 Å². The van der Waals surface area contributed by atoms with E-state index in [9.17, 15) is 9.59 Å². The molecule has 5 heterocycles. The number of aromatic nitrogens is 4. The standard InChI is InChI=1S/C27H24FN5O5/c1-27(2,3)38-26(35)32-10-18-19(28)6-7-21-23(18)15(12-36-21)13-37-22-9-17(16-5-4-8-29-20(16)11-34)24-31-30-14-33(24)25(22)32/h4-9,11,14-15H,10,12-13H2,1-3H3/p+1/t15-/m1/s1. The third-order valence-corrected chi connectivity index (χ3v) is 6.54. The molecular formula is C27H25FN5O5+. The Bertz CT molecular complexity index is 1600. The minimum atomic E-state index is -0.811. The van der Waals surface area contributed by atoms with Crippen LogP contribution in [0.15, 0.2) is 42.9 Å². The Hall–Kier alpha value is -4.54. The van der Waals surface area contributed by atoms with Crippen LogP contribution in [-0.4, -0.2) is 46.4 Å². The molecule has 0 spiro atoms. The van der Waals surface area contributed by atoms with E-state index in [2.05, 4.69) is 15.2 Å². The lowest BCUT2D eigenvalue weighted by Crippen LogP contribution is -2.42. The Balaban J connectivity index is 1.61. The van der Waals surface area contributed by atoms with Gasteiger partial charge in [0.05, 0.1) is 31.2 Å². The van der Waals surface area contributed by atoms with E-state index in [-0.39, 0.29) is 24.8 Å². The van der Waals surface area contributed by atoms with Crippen molar-refractivity contribution >= 4 is 23.8 Å². The van der Waals surface area contributed by atoms with Gasteiger partial charge in [-0.05, 0) is 44.1 Å². The molecule has 0 fully saturated rings. The lowest BCUT2D eigenvalue weighted by Gasteiger charge is -2.26. The van der Waals surface area contributed by atoms with E-state index in [1.807, 2.05) is 0 Å². The summed E-state index contributed by atoms with van der Waals surface area (Å²) in [4.78, 5) is 31.0. The average Bonchev–Trinajstić information content (AvgIpc) is 3.53. The number of anilines is 1. The highest BCUT2D eigenvalue weighted by Gasteiger charge is 2.39. The number of halogens is 1. The number of amides is 1. The smallest absolute Gasteiger partial charge is 0.461 e. The van der Waals surface area contributed by atoms with Crippen LogP contribution in [0.1, 0.15) is 48.3 Å². The van der Waals surface area contributed by atoms with Gasteiger partial charge in [-0.15, -0.1) is 0 Å². The number of nitrogens with one attached hydrogen (secondary N) is 1. The molecule has 1 aromatic carbocycles. The van der Waals surface area contributed by atoms with Crippen molar-refractivity contribution in [3.05, 3.63) is 65.5 Å². The fourth-order valence-corrected chi connectivity index (χ4v) is 4.95. The topological polar surface area (TPSA) is 111 Å². The monoisotopic (exact) mass is 518 g/mol. The van der Waals surface area contributed by atoms with Gasteiger partial charge in [-0.3, -0.25) is 9.78 Å². The van der Waals surface area contributed by atoms with Gasteiger partial charge in [-0.25, -0.2) is 14.1 Å². The molecule has 4 aromatic rings. The number of aldehydes is 1. The summed E-state index contributed by atoms with van der Waals surface area (Å²) in [7, 11) is 0. The van der Waals surface area contributed by atoms with Gasteiger partial charge < -0.3 is 14.2 Å². The van der Waals surface area contributed by atoms with Crippen molar-refractivity contribution < 1.29 is 32.6 Å². The lowest BCUT2D eigenvalue weighted by molar-refractivity contribution is -0.498. The van der Waals surface area contributed by atoms with Crippen molar-refractivity contribution in [3.8, 4) is 22.6 Å². The molecule has 2 aliphatic rings. The highest BCUT2D eigenvalue weighted by atomic mass is 19.1. The van der Waals surface area contributed by atoms with Gasteiger partial charge in [0.25, 0.3) is 5.82 Å². The second kappa shape index (κ2) is 8.79. The SMILES string of the molecule is CC(C)(C)OC(=O)N1Cc2c(F)ccc3c2[C@H](CO3)COc2cc(-c3cccnc3C=O)c3[nH]nc[n+]3c21. The number of hydrogen-bond donors (Lipinski definition) is 1. The van der Waals surface area contributed by atoms with Crippen molar-refractivity contribution in [1.29, 1.82) is 0 Å². The number of ether oxygens (including phenoxy) is 3. The van der Waals surface area contributed by atoms with Crippen LogP contribution in [-0.2, 0) is 11.3 Å². The van der Waals surface area contributed by atoms with Crippen molar-refractivity contribution in [3.63, 3.8) is 0 Å². The van der Waals surface area contributed by atoms with Crippen LogP contribution in [0.25, 0.3) is 16.8 Å². The lowest BCUT2D eigenvalue weighted by atomic mass is 9.95. The molecule has 0 bridgehead atoms. The first-order valence-corrected chi connectivity index (χ1v) is 12.1. The molecule has 2 aliphatic heterocycles. The molecule has 194 valence electrons. The van der Waals surface area contributed by atoms with Crippen LogP contribution < -0.4 is 18.8 Å². The normalized spacial score (nSPS) is 16.4. The molecular weight excluding hydrogens is 493 g/mol. The minimum absolute atomic E-state index is 0.126. The molecule has 38 heavy (non-hydrogen) atoms. The molecule has 0 unspecified atom stereocenters. The summed E-state index contributed by atoms with van der Waals surface area (Å²) in [6, 6.07) is 8.16. The highest BCUT2D eigenvalue weighted by Crippen LogP contribution is 2.42. The predicted octanol–water partition coefficient (Wildman–Crippen LogP) is 3.97. The van der Waals surface area contributed by atoms with E-state index < -0.39 is 17.5 Å². The molecule has 11 heteroatoms. The maximum atomic E-state index is 15.3. The van der Waals surface area contributed by atoms with Crippen molar-refractivity contribution in [2.24, 2.45) is 0 Å². The van der Waals surface area contributed by atoms with Crippen molar-refractivity contribution in [1.82, 2.24) is 15.2 Å². The van der Waals surface area contributed by atoms with Gasteiger partial charge in [-0.2, -0.15) is 9.50 Å². The van der Waals surface area contributed by atoms with Crippen LogP contribution in [0.5, 0.6) is 11.5 Å². The first-order chi connectivity index (χ1) is 18.2. The van der Waals surface area contributed by atoms with Gasteiger partial charge in [0, 0.05) is 29.0 Å². The van der Waals surface area contributed by atoms with E-state index in [1.54, 1.807) is 49.4 Å². The Labute approximate surface area is 217 Å². The summed E-state index contributed by atoms with van der Waals surface area (Å²) < 4.78 is 34.9. The molecule has 10 nitrogen and oxygen atoms in total. The number of benzene rings is 1. The Morgan fingerprint density at radius 1 is 1.21 bits per heavy atom. The summed E-state index contributed by atoms with van der Waals surface area (Å²) in [5.74, 6) is 0.498. The highest BCUT2D eigenvalue weighted by molar-refractivity contribution is 5.92. The van der Waals surface area contributed by atoms with Gasteiger partial charge in [0.15, 0.2) is 12.0 Å². The van der Waals surface area contributed by atoms with Crippen molar-refractivity contribution in [2.75, 3.05) is 18.1 Å². The van der Waals surface area contributed by atoms with Gasteiger partial charge in [0.1, 0.15) is 22.9 Å². The van der Waals surface area contributed by atoms with Gasteiger partial charge in [-0.1, -0.05) is 6.07 Å². The zero-order chi connectivity index (χ0) is 26.6. The van der Waals surface area contributed by atoms with Crippen LogP contribution in [0, 0.1) is 5.82 Å². The number of nitrogens with zero attached hydrogens (tertiary/aromatic N) is 4. The quantitative estimate of drug-likeness (QED) is 0.316. The number of rotatable bonds is 2. The third kappa shape index (κ3) is 3.90. The molecule has 6 rings (SSSR count). The van der Waals surface area contributed by atoms with Crippen molar-refractivity contribution in [2.45, 2.75) is 38.8 Å². The first kappa shape index (κ1) is 23.8. The number of carbonyl (C=O) groups excluding carboxylic acids is 2. The van der Waals surface area contributed by atoms with Gasteiger partial charge in [0.2, 0.25) is 12.0 Å². The summed E-state index contributed by atoms with van der Waals surface area (Å²) in [5.41, 5.74) is 2.07. The average molecular weight is 519 g/mol. The Kier molecular flexibility index (Phi) is 5.51. The third-order valence-electron chi connectivity index (χ3n) is 6.54. The fraction of sp³-hybridized carbons (Fsp3) is 0.296. The number of H-pyrrole nitrogens is 1.